The topological polar surface area (TPSA) is 24.5 Å². The van der Waals surface area contributed by atoms with Gasteiger partial charge in [-0.3, -0.25) is 4.90 Å². The smallest absolute Gasteiger partial charge is 0.0702 e. The Kier molecular flexibility index (Phi) is 5.49. The highest BCUT2D eigenvalue weighted by molar-refractivity contribution is 5.42. The van der Waals surface area contributed by atoms with E-state index < -0.39 is 0 Å². The zero-order valence-corrected chi connectivity index (χ0v) is 11.3. The molecule has 1 aromatic rings. The molecule has 1 aliphatic rings. The lowest BCUT2D eigenvalue weighted by atomic mass is 10.2. The minimum absolute atomic E-state index is 0.460. The molecule has 1 fully saturated rings. The zero-order chi connectivity index (χ0) is 12.6. The molecule has 1 aliphatic heterocycles. The number of nitrogens with zero attached hydrogens (tertiary/aromatic N) is 1. The van der Waals surface area contributed by atoms with Crippen LogP contribution < -0.4 is 5.32 Å². The second-order valence-corrected chi connectivity index (χ2v) is 4.82. The summed E-state index contributed by atoms with van der Waals surface area (Å²) in [6, 6.07) is 10.4. The van der Waals surface area contributed by atoms with Crippen molar-refractivity contribution >= 4 is 5.69 Å². The maximum absolute atomic E-state index is 5.69. The maximum Gasteiger partial charge on any atom is 0.0702 e. The predicted octanol–water partition coefficient (Wildman–Crippen LogP) is 2.60. The second-order valence-electron chi connectivity index (χ2n) is 4.82. The van der Waals surface area contributed by atoms with E-state index in [0.717, 1.165) is 32.8 Å². The number of hydrogen-bond acceptors (Lipinski definition) is 3. The van der Waals surface area contributed by atoms with Gasteiger partial charge < -0.3 is 10.1 Å². The SMILES string of the molecule is CCN(CCNc1ccccc1)CC1CCCO1. The van der Waals surface area contributed by atoms with Crippen molar-refractivity contribution in [3.63, 3.8) is 0 Å². The lowest BCUT2D eigenvalue weighted by molar-refractivity contribution is 0.0761. The molecular formula is C15H24N2O. The van der Waals surface area contributed by atoms with E-state index in [1.165, 1.54) is 18.5 Å². The van der Waals surface area contributed by atoms with Crippen molar-refractivity contribution in [2.75, 3.05) is 38.1 Å². The molecule has 1 aromatic carbocycles. The Bertz CT molecular complexity index is 323. The van der Waals surface area contributed by atoms with E-state index in [-0.39, 0.29) is 0 Å². The van der Waals surface area contributed by atoms with Crippen LogP contribution in [0.3, 0.4) is 0 Å². The van der Waals surface area contributed by atoms with Gasteiger partial charge in [-0.25, -0.2) is 0 Å². The average molecular weight is 248 g/mol. The molecule has 0 aliphatic carbocycles. The summed E-state index contributed by atoms with van der Waals surface area (Å²) in [5.41, 5.74) is 1.20. The third-order valence-corrected chi connectivity index (χ3v) is 3.46. The van der Waals surface area contributed by atoms with E-state index in [0.29, 0.717) is 6.10 Å². The summed E-state index contributed by atoms with van der Waals surface area (Å²) in [6.07, 6.45) is 2.91. The normalized spacial score (nSPS) is 19.3. The molecular weight excluding hydrogens is 224 g/mol. The molecule has 2 rings (SSSR count). The largest absolute Gasteiger partial charge is 0.384 e. The highest BCUT2D eigenvalue weighted by atomic mass is 16.5. The van der Waals surface area contributed by atoms with Crippen LogP contribution in [0.2, 0.25) is 0 Å². The van der Waals surface area contributed by atoms with Gasteiger partial charge in [0, 0.05) is 31.9 Å². The first-order chi connectivity index (χ1) is 8.88. The summed E-state index contributed by atoms with van der Waals surface area (Å²) in [5, 5.41) is 3.45. The highest BCUT2D eigenvalue weighted by Crippen LogP contribution is 2.13. The van der Waals surface area contributed by atoms with Crippen molar-refractivity contribution in [2.24, 2.45) is 0 Å². The summed E-state index contributed by atoms with van der Waals surface area (Å²) < 4.78 is 5.69. The molecule has 100 valence electrons. The lowest BCUT2D eigenvalue weighted by Gasteiger charge is -2.23. The first-order valence-electron chi connectivity index (χ1n) is 7.01. The van der Waals surface area contributed by atoms with Crippen LogP contribution in [0.5, 0.6) is 0 Å². The molecule has 0 amide bonds. The van der Waals surface area contributed by atoms with Gasteiger partial charge in [0.05, 0.1) is 6.10 Å². The fraction of sp³-hybridized carbons (Fsp3) is 0.600. The number of anilines is 1. The van der Waals surface area contributed by atoms with Gasteiger partial charge in [-0.15, -0.1) is 0 Å². The van der Waals surface area contributed by atoms with Crippen LogP contribution in [-0.2, 0) is 4.74 Å². The van der Waals surface area contributed by atoms with Crippen LogP contribution in [-0.4, -0.2) is 43.8 Å². The Balaban J connectivity index is 1.67. The number of benzene rings is 1. The lowest BCUT2D eigenvalue weighted by Crippen LogP contribution is -2.35. The molecule has 18 heavy (non-hydrogen) atoms. The number of likely N-dealkylation sites (N-methyl/N-ethyl adjacent to an activating group) is 1. The van der Waals surface area contributed by atoms with Gasteiger partial charge in [0.2, 0.25) is 0 Å². The number of ether oxygens (including phenoxy) is 1. The minimum Gasteiger partial charge on any atom is -0.384 e. The van der Waals surface area contributed by atoms with E-state index in [9.17, 15) is 0 Å². The van der Waals surface area contributed by atoms with Crippen LogP contribution >= 0.6 is 0 Å². The number of nitrogens with one attached hydrogen (secondary N) is 1. The summed E-state index contributed by atoms with van der Waals surface area (Å²) in [6.45, 7) is 7.40. The second kappa shape index (κ2) is 7.39. The molecule has 1 unspecified atom stereocenters. The fourth-order valence-electron chi connectivity index (χ4n) is 2.37. The zero-order valence-electron chi connectivity index (χ0n) is 11.3. The third kappa shape index (κ3) is 4.31. The standard InChI is InChI=1S/C15H24N2O/c1-2-17(13-15-9-6-12-18-15)11-10-16-14-7-4-3-5-8-14/h3-5,7-8,15-16H,2,6,9-13H2,1H3. The van der Waals surface area contributed by atoms with Gasteiger partial charge in [0.25, 0.3) is 0 Å². The van der Waals surface area contributed by atoms with Crippen LogP contribution in [0.25, 0.3) is 0 Å². The van der Waals surface area contributed by atoms with E-state index in [1.807, 2.05) is 6.07 Å². The number of rotatable bonds is 7. The van der Waals surface area contributed by atoms with Crippen LogP contribution in [0, 0.1) is 0 Å². The molecule has 0 spiro atoms. The van der Waals surface area contributed by atoms with Gasteiger partial charge >= 0.3 is 0 Å². The van der Waals surface area contributed by atoms with Gasteiger partial charge in [-0.05, 0) is 31.5 Å². The predicted molar refractivity (Wildman–Crippen MR) is 76.0 cm³/mol. The monoisotopic (exact) mass is 248 g/mol. The quantitative estimate of drug-likeness (QED) is 0.802. The van der Waals surface area contributed by atoms with Gasteiger partial charge in [-0.1, -0.05) is 25.1 Å². The van der Waals surface area contributed by atoms with E-state index >= 15 is 0 Å². The molecule has 3 nitrogen and oxygen atoms in total. The van der Waals surface area contributed by atoms with Crippen molar-refractivity contribution in [1.82, 2.24) is 4.90 Å². The minimum atomic E-state index is 0.460. The highest BCUT2D eigenvalue weighted by Gasteiger charge is 2.17. The van der Waals surface area contributed by atoms with Crippen molar-refractivity contribution in [1.29, 1.82) is 0 Å². The fourth-order valence-corrected chi connectivity index (χ4v) is 2.37. The van der Waals surface area contributed by atoms with E-state index in [4.69, 9.17) is 4.74 Å². The molecule has 0 radical (unpaired) electrons. The van der Waals surface area contributed by atoms with Crippen molar-refractivity contribution in [3.05, 3.63) is 30.3 Å². The van der Waals surface area contributed by atoms with Gasteiger partial charge in [0.1, 0.15) is 0 Å². The first-order valence-corrected chi connectivity index (χ1v) is 7.01. The summed E-state index contributed by atoms with van der Waals surface area (Å²) >= 11 is 0. The van der Waals surface area contributed by atoms with Gasteiger partial charge in [-0.2, -0.15) is 0 Å². The van der Waals surface area contributed by atoms with Crippen LogP contribution in [0.15, 0.2) is 30.3 Å². The van der Waals surface area contributed by atoms with E-state index in [1.54, 1.807) is 0 Å². The van der Waals surface area contributed by atoms with Crippen molar-refractivity contribution in [3.8, 4) is 0 Å². The summed E-state index contributed by atoms with van der Waals surface area (Å²) in [5.74, 6) is 0. The van der Waals surface area contributed by atoms with E-state index in [2.05, 4.69) is 41.4 Å². The summed E-state index contributed by atoms with van der Waals surface area (Å²) in [7, 11) is 0. The van der Waals surface area contributed by atoms with Crippen molar-refractivity contribution in [2.45, 2.75) is 25.9 Å². The van der Waals surface area contributed by atoms with Crippen LogP contribution in [0.4, 0.5) is 5.69 Å². The molecule has 0 saturated carbocycles. The molecule has 0 bridgehead atoms. The molecule has 0 aromatic heterocycles. The Morgan fingerprint density at radius 2 is 2.17 bits per heavy atom. The number of hydrogen-bond donors (Lipinski definition) is 1. The van der Waals surface area contributed by atoms with Crippen molar-refractivity contribution < 1.29 is 4.74 Å². The number of para-hydroxylation sites is 1. The van der Waals surface area contributed by atoms with Gasteiger partial charge in [0.15, 0.2) is 0 Å². The molecule has 3 heteroatoms. The molecule has 1 heterocycles. The molecule has 1 saturated heterocycles. The Hall–Kier alpha value is -1.06. The third-order valence-electron chi connectivity index (χ3n) is 3.46. The maximum atomic E-state index is 5.69. The Morgan fingerprint density at radius 3 is 2.83 bits per heavy atom. The average Bonchev–Trinajstić information content (AvgIpc) is 2.92. The molecule has 1 atom stereocenters. The van der Waals surface area contributed by atoms with Crippen LogP contribution in [0.1, 0.15) is 19.8 Å². The first kappa shape index (κ1) is 13.4. The Morgan fingerprint density at radius 1 is 1.33 bits per heavy atom. The Labute approximate surface area is 110 Å². The summed E-state index contributed by atoms with van der Waals surface area (Å²) in [4.78, 5) is 2.46. The molecule has 1 N–H and O–H groups in total.